The molecule has 21 heavy (non-hydrogen) atoms. The molecule has 2 atom stereocenters. The summed E-state index contributed by atoms with van der Waals surface area (Å²) < 4.78 is 25.9. The lowest BCUT2D eigenvalue weighted by Crippen LogP contribution is -2.31. The number of rotatable bonds is 3. The molecule has 0 aliphatic carbocycles. The van der Waals surface area contributed by atoms with E-state index in [4.69, 9.17) is 9.47 Å². The Balaban J connectivity index is 2.24. The maximum absolute atomic E-state index is 14.4. The highest BCUT2D eigenvalue weighted by Crippen LogP contribution is 2.33. The zero-order valence-electron chi connectivity index (χ0n) is 13.8. The zero-order chi connectivity index (χ0) is 15.6. The monoisotopic (exact) mass is 294 g/mol. The van der Waals surface area contributed by atoms with Crippen molar-refractivity contribution in [1.29, 1.82) is 0 Å². The molecule has 0 amide bonds. The van der Waals surface area contributed by atoms with Crippen molar-refractivity contribution >= 4 is 0 Å². The maximum atomic E-state index is 14.4. The van der Waals surface area contributed by atoms with Gasteiger partial charge < -0.3 is 9.47 Å². The van der Waals surface area contributed by atoms with E-state index >= 15 is 0 Å². The Morgan fingerprint density at radius 2 is 2.05 bits per heavy atom. The van der Waals surface area contributed by atoms with Gasteiger partial charge in [0.1, 0.15) is 6.10 Å². The fraction of sp³-hybridized carbons (Fsp3) is 0.667. The van der Waals surface area contributed by atoms with E-state index in [0.717, 1.165) is 30.4 Å². The van der Waals surface area contributed by atoms with Crippen molar-refractivity contribution in [3.05, 3.63) is 29.1 Å². The van der Waals surface area contributed by atoms with Crippen LogP contribution in [0.5, 0.6) is 5.75 Å². The molecule has 1 heterocycles. The van der Waals surface area contributed by atoms with Gasteiger partial charge in [-0.15, -0.1) is 0 Å². The number of hydrogen-bond acceptors (Lipinski definition) is 2. The van der Waals surface area contributed by atoms with Crippen LogP contribution in [0.15, 0.2) is 12.1 Å². The van der Waals surface area contributed by atoms with Crippen LogP contribution in [-0.4, -0.2) is 18.8 Å². The van der Waals surface area contributed by atoms with Crippen molar-refractivity contribution in [3.63, 3.8) is 0 Å². The molecule has 1 aliphatic heterocycles. The molecule has 118 valence electrons. The Hall–Kier alpha value is -1.09. The number of ether oxygens (including phenoxy) is 2. The van der Waals surface area contributed by atoms with Gasteiger partial charge in [-0.2, -0.15) is 0 Å². The van der Waals surface area contributed by atoms with E-state index in [1.807, 2.05) is 19.9 Å². The molecule has 2 nitrogen and oxygen atoms in total. The van der Waals surface area contributed by atoms with Gasteiger partial charge >= 0.3 is 0 Å². The number of aryl methyl sites for hydroxylation is 1. The molecule has 0 bridgehead atoms. The lowest BCUT2D eigenvalue weighted by Gasteiger charge is -2.29. The lowest BCUT2D eigenvalue weighted by molar-refractivity contribution is -0.0265. The summed E-state index contributed by atoms with van der Waals surface area (Å²) in [7, 11) is 0. The van der Waals surface area contributed by atoms with Crippen molar-refractivity contribution < 1.29 is 13.9 Å². The summed E-state index contributed by atoms with van der Waals surface area (Å²) in [4.78, 5) is 0. The largest absolute Gasteiger partial charge is 0.487 e. The van der Waals surface area contributed by atoms with E-state index in [0.29, 0.717) is 12.4 Å². The van der Waals surface area contributed by atoms with Gasteiger partial charge in [0.15, 0.2) is 11.6 Å². The summed E-state index contributed by atoms with van der Waals surface area (Å²) in [5.41, 5.74) is 2.01. The second kappa shape index (κ2) is 6.35. The minimum absolute atomic E-state index is 0.0460. The highest BCUT2D eigenvalue weighted by molar-refractivity contribution is 5.39. The molecule has 1 aromatic carbocycles. The standard InChI is InChI=1S/C18H27FO2/c1-12-8-14(11-18(3,4)5)17(16(19)9-12)21-15-6-7-20-13(2)10-15/h8-9,13,15H,6-7,10-11H2,1-5H3. The summed E-state index contributed by atoms with van der Waals surface area (Å²) in [6.45, 7) is 11.1. The van der Waals surface area contributed by atoms with Crippen LogP contribution >= 0.6 is 0 Å². The third-order valence-corrected chi connectivity index (χ3v) is 3.71. The SMILES string of the molecule is Cc1cc(F)c(OC2CCOC(C)C2)c(CC(C)(C)C)c1. The molecule has 0 aromatic heterocycles. The molecule has 3 heteroatoms. The zero-order valence-corrected chi connectivity index (χ0v) is 13.8. The van der Waals surface area contributed by atoms with Gasteiger partial charge in [0.2, 0.25) is 0 Å². The fourth-order valence-corrected chi connectivity index (χ4v) is 2.87. The van der Waals surface area contributed by atoms with Crippen LogP contribution in [-0.2, 0) is 11.2 Å². The summed E-state index contributed by atoms with van der Waals surface area (Å²) in [5.74, 6) is 0.197. The third-order valence-electron chi connectivity index (χ3n) is 3.71. The molecule has 2 unspecified atom stereocenters. The van der Waals surface area contributed by atoms with E-state index in [1.165, 1.54) is 0 Å². The Morgan fingerprint density at radius 1 is 1.33 bits per heavy atom. The molecule has 2 rings (SSSR count). The Bertz CT molecular complexity index is 491. The van der Waals surface area contributed by atoms with E-state index in [9.17, 15) is 4.39 Å². The van der Waals surface area contributed by atoms with Gasteiger partial charge in [0.25, 0.3) is 0 Å². The summed E-state index contributed by atoms with van der Waals surface area (Å²) in [6.07, 6.45) is 2.68. The molecular formula is C18H27FO2. The van der Waals surface area contributed by atoms with Crippen molar-refractivity contribution in [2.45, 2.75) is 66.1 Å². The lowest BCUT2D eigenvalue weighted by atomic mass is 9.87. The molecule has 0 radical (unpaired) electrons. The quantitative estimate of drug-likeness (QED) is 0.806. The first-order chi connectivity index (χ1) is 9.74. The van der Waals surface area contributed by atoms with E-state index in [1.54, 1.807) is 6.07 Å². The number of hydrogen-bond donors (Lipinski definition) is 0. The maximum Gasteiger partial charge on any atom is 0.165 e. The molecule has 0 spiro atoms. The molecule has 1 aliphatic rings. The highest BCUT2D eigenvalue weighted by Gasteiger charge is 2.24. The average molecular weight is 294 g/mol. The third kappa shape index (κ3) is 4.70. The van der Waals surface area contributed by atoms with Crippen LogP contribution in [0.2, 0.25) is 0 Å². The van der Waals surface area contributed by atoms with Gasteiger partial charge in [-0.05, 0) is 42.9 Å². The minimum Gasteiger partial charge on any atom is -0.487 e. The molecule has 0 saturated carbocycles. The second-order valence-electron chi connectivity index (χ2n) is 7.42. The molecule has 0 N–H and O–H groups in total. The van der Waals surface area contributed by atoms with Gasteiger partial charge in [0, 0.05) is 12.8 Å². The van der Waals surface area contributed by atoms with Crippen LogP contribution in [0.4, 0.5) is 4.39 Å². The van der Waals surface area contributed by atoms with Crippen LogP contribution < -0.4 is 4.74 Å². The van der Waals surface area contributed by atoms with Gasteiger partial charge in [-0.3, -0.25) is 0 Å². The normalized spacial score (nSPS) is 23.1. The second-order valence-corrected chi connectivity index (χ2v) is 7.42. The first-order valence-corrected chi connectivity index (χ1v) is 7.82. The van der Waals surface area contributed by atoms with Crippen LogP contribution in [0.25, 0.3) is 0 Å². The Kier molecular flexibility index (Phi) is 4.92. The molecular weight excluding hydrogens is 267 g/mol. The van der Waals surface area contributed by atoms with Crippen LogP contribution in [0.1, 0.15) is 51.7 Å². The predicted molar refractivity (Wildman–Crippen MR) is 83.4 cm³/mol. The molecule has 1 fully saturated rings. The first kappa shape index (κ1) is 16.3. The van der Waals surface area contributed by atoms with Crippen molar-refractivity contribution in [2.24, 2.45) is 5.41 Å². The van der Waals surface area contributed by atoms with Gasteiger partial charge in [-0.25, -0.2) is 4.39 Å². The molecule has 1 aromatic rings. The van der Waals surface area contributed by atoms with Gasteiger partial charge in [-0.1, -0.05) is 26.8 Å². The fourth-order valence-electron chi connectivity index (χ4n) is 2.87. The number of benzene rings is 1. The highest BCUT2D eigenvalue weighted by atomic mass is 19.1. The van der Waals surface area contributed by atoms with Crippen LogP contribution in [0, 0.1) is 18.2 Å². The Labute approximate surface area is 127 Å². The Morgan fingerprint density at radius 3 is 2.67 bits per heavy atom. The summed E-state index contributed by atoms with van der Waals surface area (Å²) in [5, 5.41) is 0. The summed E-state index contributed by atoms with van der Waals surface area (Å²) in [6, 6.07) is 3.61. The van der Waals surface area contributed by atoms with Crippen molar-refractivity contribution in [2.75, 3.05) is 6.61 Å². The smallest absolute Gasteiger partial charge is 0.165 e. The molecule has 1 saturated heterocycles. The summed E-state index contributed by atoms with van der Waals surface area (Å²) >= 11 is 0. The van der Waals surface area contributed by atoms with Crippen molar-refractivity contribution in [3.8, 4) is 5.75 Å². The minimum atomic E-state index is -0.242. The predicted octanol–water partition coefficient (Wildman–Crippen LogP) is 4.67. The first-order valence-electron chi connectivity index (χ1n) is 7.82. The van der Waals surface area contributed by atoms with E-state index in [-0.39, 0.29) is 23.4 Å². The van der Waals surface area contributed by atoms with Crippen LogP contribution in [0.3, 0.4) is 0 Å². The van der Waals surface area contributed by atoms with Gasteiger partial charge in [0.05, 0.1) is 12.7 Å². The average Bonchev–Trinajstić information content (AvgIpc) is 2.31. The topological polar surface area (TPSA) is 18.5 Å². The number of halogens is 1. The van der Waals surface area contributed by atoms with Crippen molar-refractivity contribution in [1.82, 2.24) is 0 Å². The van der Waals surface area contributed by atoms with E-state index < -0.39 is 0 Å². The van der Waals surface area contributed by atoms with E-state index in [2.05, 4.69) is 20.8 Å².